The highest BCUT2D eigenvalue weighted by Crippen LogP contribution is 2.19. The summed E-state index contributed by atoms with van der Waals surface area (Å²) < 4.78 is 13.1. The smallest absolute Gasteiger partial charge is 0.241 e. The van der Waals surface area contributed by atoms with E-state index < -0.39 is 0 Å². The minimum atomic E-state index is -0.372. The molecule has 1 aromatic carbocycles. The van der Waals surface area contributed by atoms with Crippen LogP contribution in [0.4, 0.5) is 4.39 Å². The molecule has 0 spiro atoms. The van der Waals surface area contributed by atoms with Gasteiger partial charge in [-0.15, -0.1) is 0 Å². The van der Waals surface area contributed by atoms with Gasteiger partial charge in [-0.1, -0.05) is 12.1 Å². The predicted molar refractivity (Wildman–Crippen MR) is 86.1 cm³/mol. The summed E-state index contributed by atoms with van der Waals surface area (Å²) in [6.45, 7) is 3.35. The van der Waals surface area contributed by atoms with Crippen molar-refractivity contribution in [3.05, 3.63) is 35.6 Å². The highest BCUT2D eigenvalue weighted by atomic mass is 19.1. The number of nitrogens with one attached hydrogen (secondary N) is 1. The minimum Gasteiger partial charge on any atom is -0.347 e. The molecule has 0 saturated carbocycles. The molecule has 0 radical (unpaired) electrons. The quantitative estimate of drug-likeness (QED) is 0.852. The molecule has 1 unspecified atom stereocenters. The maximum absolute atomic E-state index is 13.1. The Morgan fingerprint density at radius 3 is 2.70 bits per heavy atom. The third-order valence-corrected chi connectivity index (χ3v) is 4.33. The van der Waals surface area contributed by atoms with Gasteiger partial charge in [0.1, 0.15) is 5.82 Å². The van der Waals surface area contributed by atoms with Gasteiger partial charge >= 0.3 is 0 Å². The number of halogens is 1. The number of rotatable bonds is 5. The molecule has 3 N–H and O–H groups in total. The average Bonchev–Trinajstić information content (AvgIpc) is 2.52. The van der Waals surface area contributed by atoms with Crippen LogP contribution in [-0.4, -0.2) is 42.4 Å². The van der Waals surface area contributed by atoms with Crippen LogP contribution in [-0.2, 0) is 16.0 Å². The van der Waals surface area contributed by atoms with E-state index in [1.807, 2.05) is 6.92 Å². The molecule has 1 fully saturated rings. The zero-order valence-corrected chi connectivity index (χ0v) is 13.4. The van der Waals surface area contributed by atoms with Gasteiger partial charge in [0.05, 0.1) is 13.0 Å². The van der Waals surface area contributed by atoms with Crippen molar-refractivity contribution in [1.82, 2.24) is 10.2 Å². The van der Waals surface area contributed by atoms with Gasteiger partial charge in [-0.25, -0.2) is 4.39 Å². The molecule has 126 valence electrons. The second-order valence-corrected chi connectivity index (χ2v) is 6.16. The molecule has 0 aromatic heterocycles. The van der Waals surface area contributed by atoms with E-state index in [9.17, 15) is 14.0 Å². The number of nitrogens with two attached hydrogens (primary N) is 1. The first-order chi connectivity index (χ1) is 11.0. The van der Waals surface area contributed by atoms with Crippen LogP contribution in [0.5, 0.6) is 0 Å². The predicted octanol–water partition coefficient (Wildman–Crippen LogP) is 1.07. The second-order valence-electron chi connectivity index (χ2n) is 6.16. The number of benzene rings is 1. The van der Waals surface area contributed by atoms with E-state index in [4.69, 9.17) is 5.73 Å². The Labute approximate surface area is 136 Å². The molecular weight excluding hydrogens is 297 g/mol. The SMILES string of the molecule is CC(N)C1CCN(C(=O)CNC(=O)Cc2cccc(F)c2)CC1. The van der Waals surface area contributed by atoms with Gasteiger partial charge in [-0.05, 0) is 43.4 Å². The fourth-order valence-corrected chi connectivity index (χ4v) is 2.86. The molecular formula is C17H24FN3O2. The van der Waals surface area contributed by atoms with Gasteiger partial charge in [0, 0.05) is 19.1 Å². The second kappa shape index (κ2) is 8.06. The van der Waals surface area contributed by atoms with Crippen LogP contribution in [0, 0.1) is 11.7 Å². The van der Waals surface area contributed by atoms with Crippen molar-refractivity contribution >= 4 is 11.8 Å². The highest BCUT2D eigenvalue weighted by molar-refractivity contribution is 5.85. The third kappa shape index (κ3) is 5.32. The maximum atomic E-state index is 13.1. The largest absolute Gasteiger partial charge is 0.347 e. The lowest BCUT2D eigenvalue weighted by Crippen LogP contribution is -2.46. The van der Waals surface area contributed by atoms with E-state index in [1.165, 1.54) is 12.1 Å². The Morgan fingerprint density at radius 1 is 1.39 bits per heavy atom. The van der Waals surface area contributed by atoms with E-state index in [0.29, 0.717) is 24.6 Å². The Morgan fingerprint density at radius 2 is 2.09 bits per heavy atom. The van der Waals surface area contributed by atoms with E-state index in [-0.39, 0.29) is 36.6 Å². The first-order valence-corrected chi connectivity index (χ1v) is 8.00. The lowest BCUT2D eigenvalue weighted by atomic mass is 9.91. The minimum absolute atomic E-state index is 0.0169. The summed E-state index contributed by atoms with van der Waals surface area (Å²) in [7, 11) is 0. The van der Waals surface area contributed by atoms with Crippen LogP contribution in [0.2, 0.25) is 0 Å². The number of carbonyl (C=O) groups excluding carboxylic acids is 2. The first kappa shape index (κ1) is 17.4. The van der Waals surface area contributed by atoms with E-state index in [0.717, 1.165) is 12.8 Å². The zero-order valence-electron chi connectivity index (χ0n) is 13.4. The molecule has 1 saturated heterocycles. The van der Waals surface area contributed by atoms with Crippen LogP contribution >= 0.6 is 0 Å². The van der Waals surface area contributed by atoms with Crippen molar-refractivity contribution in [2.75, 3.05) is 19.6 Å². The lowest BCUT2D eigenvalue weighted by molar-refractivity contribution is -0.134. The van der Waals surface area contributed by atoms with E-state index in [1.54, 1.807) is 17.0 Å². The monoisotopic (exact) mass is 321 g/mol. The van der Waals surface area contributed by atoms with Crippen LogP contribution in [0.15, 0.2) is 24.3 Å². The summed E-state index contributed by atoms with van der Waals surface area (Å²) >= 11 is 0. The first-order valence-electron chi connectivity index (χ1n) is 8.00. The van der Waals surface area contributed by atoms with Crippen LogP contribution < -0.4 is 11.1 Å². The number of carbonyl (C=O) groups is 2. The maximum Gasteiger partial charge on any atom is 0.241 e. The zero-order chi connectivity index (χ0) is 16.8. The molecule has 1 aliphatic rings. The summed E-state index contributed by atoms with van der Waals surface area (Å²) in [6.07, 6.45) is 1.87. The Bertz CT molecular complexity index is 555. The van der Waals surface area contributed by atoms with Gasteiger partial charge in [-0.2, -0.15) is 0 Å². The Balaban J connectivity index is 1.73. The van der Waals surface area contributed by atoms with Gasteiger partial charge in [0.15, 0.2) is 0 Å². The van der Waals surface area contributed by atoms with Crippen molar-refractivity contribution < 1.29 is 14.0 Å². The van der Waals surface area contributed by atoms with Gasteiger partial charge in [-0.3, -0.25) is 9.59 Å². The van der Waals surface area contributed by atoms with Crippen molar-refractivity contribution in [3.63, 3.8) is 0 Å². The van der Waals surface area contributed by atoms with Crippen molar-refractivity contribution in [3.8, 4) is 0 Å². The normalized spacial score (nSPS) is 16.9. The molecule has 2 rings (SSSR count). The number of amides is 2. The third-order valence-electron chi connectivity index (χ3n) is 4.33. The number of nitrogens with zero attached hydrogens (tertiary/aromatic N) is 1. The molecule has 1 aliphatic heterocycles. The van der Waals surface area contributed by atoms with Gasteiger partial charge < -0.3 is 16.0 Å². The highest BCUT2D eigenvalue weighted by Gasteiger charge is 2.24. The van der Waals surface area contributed by atoms with Gasteiger partial charge in [0.25, 0.3) is 0 Å². The van der Waals surface area contributed by atoms with E-state index in [2.05, 4.69) is 5.32 Å². The summed E-state index contributed by atoms with van der Waals surface area (Å²) in [5, 5.41) is 2.60. The molecule has 1 atom stereocenters. The van der Waals surface area contributed by atoms with E-state index >= 15 is 0 Å². The fraction of sp³-hybridized carbons (Fsp3) is 0.529. The summed E-state index contributed by atoms with van der Waals surface area (Å²) in [4.78, 5) is 25.7. The average molecular weight is 321 g/mol. The number of hydrogen-bond acceptors (Lipinski definition) is 3. The topological polar surface area (TPSA) is 75.4 Å². The molecule has 6 heteroatoms. The fourth-order valence-electron chi connectivity index (χ4n) is 2.86. The van der Waals surface area contributed by atoms with Crippen LogP contribution in [0.25, 0.3) is 0 Å². The van der Waals surface area contributed by atoms with Crippen molar-refractivity contribution in [2.45, 2.75) is 32.2 Å². The molecule has 0 aliphatic carbocycles. The molecule has 2 amide bonds. The molecule has 5 nitrogen and oxygen atoms in total. The summed E-state index contributed by atoms with van der Waals surface area (Å²) in [5.74, 6) is -0.278. The van der Waals surface area contributed by atoms with Gasteiger partial charge in [0.2, 0.25) is 11.8 Å². The Hall–Kier alpha value is -1.95. The molecule has 23 heavy (non-hydrogen) atoms. The molecule has 1 aromatic rings. The lowest BCUT2D eigenvalue weighted by Gasteiger charge is -2.33. The number of hydrogen-bond donors (Lipinski definition) is 2. The number of likely N-dealkylation sites (tertiary alicyclic amines) is 1. The number of piperidine rings is 1. The summed E-state index contributed by atoms with van der Waals surface area (Å²) in [6, 6.07) is 6.05. The van der Waals surface area contributed by atoms with Crippen LogP contribution in [0.1, 0.15) is 25.3 Å². The standard InChI is InChI=1S/C17H24FN3O2/c1-12(19)14-5-7-21(8-6-14)17(23)11-20-16(22)10-13-3-2-4-15(18)9-13/h2-4,9,12,14H,5-8,10-11,19H2,1H3,(H,20,22). The van der Waals surface area contributed by atoms with Crippen molar-refractivity contribution in [2.24, 2.45) is 11.7 Å². The van der Waals surface area contributed by atoms with Crippen LogP contribution in [0.3, 0.4) is 0 Å². The summed E-state index contributed by atoms with van der Waals surface area (Å²) in [5.41, 5.74) is 6.47. The molecule has 0 bridgehead atoms. The molecule has 1 heterocycles. The Kier molecular flexibility index (Phi) is 6.10. The van der Waals surface area contributed by atoms with Crippen molar-refractivity contribution in [1.29, 1.82) is 0 Å².